The number of aryl methyl sites for hydroxylation is 1. The second kappa shape index (κ2) is 5.83. The Hall–Kier alpha value is -1.56. The second-order valence-electron chi connectivity index (χ2n) is 5.00. The lowest BCUT2D eigenvalue weighted by Gasteiger charge is -2.35. The number of hydrogen-bond acceptors (Lipinski definition) is 2. The molecule has 0 saturated carbocycles. The van der Waals surface area contributed by atoms with Gasteiger partial charge in [-0.2, -0.15) is 13.2 Å². The summed E-state index contributed by atoms with van der Waals surface area (Å²) in [5, 5.41) is 2.16. The highest BCUT2D eigenvalue weighted by molar-refractivity contribution is 5.96. The monoisotopic (exact) mass is 286 g/mol. The zero-order valence-corrected chi connectivity index (χ0v) is 11.2. The quantitative estimate of drug-likeness (QED) is 0.926. The van der Waals surface area contributed by atoms with Crippen LogP contribution < -0.4 is 10.2 Å². The Labute approximate surface area is 115 Å². The normalized spacial score (nSPS) is 18.8. The van der Waals surface area contributed by atoms with Crippen molar-refractivity contribution in [2.75, 3.05) is 18.0 Å². The summed E-state index contributed by atoms with van der Waals surface area (Å²) in [7, 11) is 0. The number of fused-ring (bicyclic) bond motifs is 1. The van der Waals surface area contributed by atoms with E-state index in [-0.39, 0.29) is 18.5 Å². The van der Waals surface area contributed by atoms with Crippen LogP contribution in [-0.4, -0.2) is 31.2 Å². The minimum Gasteiger partial charge on any atom is -0.308 e. The lowest BCUT2D eigenvalue weighted by molar-refractivity contribution is -0.127. The van der Waals surface area contributed by atoms with E-state index in [1.807, 2.05) is 31.2 Å². The Morgan fingerprint density at radius 2 is 2.10 bits per heavy atom. The highest BCUT2D eigenvalue weighted by Gasteiger charge is 2.30. The summed E-state index contributed by atoms with van der Waals surface area (Å²) in [4.78, 5) is 13.8. The van der Waals surface area contributed by atoms with Gasteiger partial charge in [0.1, 0.15) is 0 Å². The number of nitrogens with zero attached hydrogens (tertiary/aromatic N) is 1. The van der Waals surface area contributed by atoms with E-state index in [0.717, 1.165) is 24.1 Å². The van der Waals surface area contributed by atoms with E-state index >= 15 is 0 Å². The van der Waals surface area contributed by atoms with Crippen LogP contribution in [0.15, 0.2) is 24.3 Å². The molecule has 1 atom stereocenters. The van der Waals surface area contributed by atoms with Gasteiger partial charge in [-0.3, -0.25) is 4.79 Å². The molecule has 1 heterocycles. The Kier molecular flexibility index (Phi) is 4.32. The predicted octanol–water partition coefficient (Wildman–Crippen LogP) is 2.51. The molecule has 110 valence electrons. The molecule has 0 fully saturated rings. The van der Waals surface area contributed by atoms with Crippen molar-refractivity contribution in [1.29, 1.82) is 0 Å². The number of anilines is 1. The lowest BCUT2D eigenvalue weighted by atomic mass is 9.96. The van der Waals surface area contributed by atoms with E-state index < -0.39 is 12.7 Å². The standard InChI is InChI=1S/C14H17F3N2O/c1-10-6-7-11-4-2-3-5-12(11)19(10)13(20)8-18-9-14(15,16)17/h2-5,10,18H,6-9H2,1H3. The molecular formula is C14H17F3N2O. The molecule has 1 aromatic rings. The number of alkyl halides is 3. The predicted molar refractivity (Wildman–Crippen MR) is 70.6 cm³/mol. The van der Waals surface area contributed by atoms with Gasteiger partial charge in [-0.05, 0) is 31.4 Å². The van der Waals surface area contributed by atoms with Gasteiger partial charge >= 0.3 is 6.18 Å². The van der Waals surface area contributed by atoms with Crippen molar-refractivity contribution in [2.45, 2.75) is 32.0 Å². The number of halogens is 3. The van der Waals surface area contributed by atoms with Gasteiger partial charge in [-0.25, -0.2) is 0 Å². The maximum Gasteiger partial charge on any atom is 0.401 e. The number of amides is 1. The minimum atomic E-state index is -4.30. The van der Waals surface area contributed by atoms with Crippen molar-refractivity contribution in [3.63, 3.8) is 0 Å². The number of para-hydroxylation sites is 1. The van der Waals surface area contributed by atoms with Crippen LogP contribution in [0.4, 0.5) is 18.9 Å². The molecule has 6 heteroatoms. The summed E-state index contributed by atoms with van der Waals surface area (Å²) in [6.07, 6.45) is -2.59. The molecule has 0 spiro atoms. The molecule has 3 nitrogen and oxygen atoms in total. The maximum absolute atomic E-state index is 12.2. The molecule has 1 N–H and O–H groups in total. The zero-order valence-electron chi connectivity index (χ0n) is 11.2. The van der Waals surface area contributed by atoms with Crippen LogP contribution in [0.5, 0.6) is 0 Å². The van der Waals surface area contributed by atoms with Crippen molar-refractivity contribution >= 4 is 11.6 Å². The number of carbonyl (C=O) groups excluding carboxylic acids is 1. The summed E-state index contributed by atoms with van der Waals surface area (Å²) < 4.78 is 36.2. The molecule has 0 bridgehead atoms. The third kappa shape index (κ3) is 3.50. The molecule has 1 aliphatic rings. The van der Waals surface area contributed by atoms with Gasteiger partial charge in [-0.15, -0.1) is 0 Å². The van der Waals surface area contributed by atoms with Gasteiger partial charge in [0.15, 0.2) is 0 Å². The van der Waals surface area contributed by atoms with Crippen LogP contribution in [0, 0.1) is 0 Å². The number of carbonyl (C=O) groups is 1. The summed E-state index contributed by atoms with van der Waals surface area (Å²) in [5.74, 6) is -0.325. The average molecular weight is 286 g/mol. The summed E-state index contributed by atoms with van der Waals surface area (Å²) in [5.41, 5.74) is 1.87. The van der Waals surface area contributed by atoms with Gasteiger partial charge < -0.3 is 10.2 Å². The molecule has 0 aliphatic carbocycles. The summed E-state index contributed by atoms with van der Waals surface area (Å²) in [6.45, 7) is 0.457. The molecule has 0 radical (unpaired) electrons. The highest BCUT2D eigenvalue weighted by atomic mass is 19.4. The number of hydrogen-bond donors (Lipinski definition) is 1. The smallest absolute Gasteiger partial charge is 0.308 e. The molecule has 1 amide bonds. The largest absolute Gasteiger partial charge is 0.401 e. The molecule has 1 unspecified atom stereocenters. The number of rotatable bonds is 3. The van der Waals surface area contributed by atoms with Crippen molar-refractivity contribution in [3.05, 3.63) is 29.8 Å². The molecule has 2 rings (SSSR count). The number of benzene rings is 1. The van der Waals surface area contributed by atoms with Crippen LogP contribution in [-0.2, 0) is 11.2 Å². The average Bonchev–Trinajstić information content (AvgIpc) is 2.36. The van der Waals surface area contributed by atoms with Gasteiger partial charge in [0.05, 0.1) is 13.1 Å². The molecular weight excluding hydrogens is 269 g/mol. The fourth-order valence-electron chi connectivity index (χ4n) is 2.46. The molecule has 0 aromatic heterocycles. The van der Waals surface area contributed by atoms with Gasteiger partial charge in [0.25, 0.3) is 0 Å². The van der Waals surface area contributed by atoms with Crippen LogP contribution in [0.2, 0.25) is 0 Å². The van der Waals surface area contributed by atoms with E-state index in [1.54, 1.807) is 4.90 Å². The van der Waals surface area contributed by atoms with E-state index in [0.29, 0.717) is 0 Å². The highest BCUT2D eigenvalue weighted by Crippen LogP contribution is 2.30. The first kappa shape index (κ1) is 14.8. The zero-order chi connectivity index (χ0) is 14.8. The van der Waals surface area contributed by atoms with E-state index in [4.69, 9.17) is 0 Å². The Balaban J connectivity index is 2.05. The van der Waals surface area contributed by atoms with Crippen LogP contribution in [0.3, 0.4) is 0 Å². The summed E-state index contributed by atoms with van der Waals surface area (Å²) in [6, 6.07) is 7.53. The topological polar surface area (TPSA) is 32.3 Å². The minimum absolute atomic E-state index is 0.00471. The Morgan fingerprint density at radius 1 is 1.40 bits per heavy atom. The molecule has 20 heavy (non-hydrogen) atoms. The fourth-order valence-corrected chi connectivity index (χ4v) is 2.46. The first-order chi connectivity index (χ1) is 9.38. The van der Waals surface area contributed by atoms with Gasteiger partial charge in [-0.1, -0.05) is 18.2 Å². The molecule has 1 aliphatic heterocycles. The van der Waals surface area contributed by atoms with E-state index in [9.17, 15) is 18.0 Å². The number of nitrogens with one attached hydrogen (secondary N) is 1. The third-order valence-corrected chi connectivity index (χ3v) is 3.39. The second-order valence-corrected chi connectivity index (χ2v) is 5.00. The van der Waals surface area contributed by atoms with E-state index in [1.165, 1.54) is 0 Å². The SMILES string of the molecule is CC1CCc2ccccc2N1C(=O)CNCC(F)(F)F. The van der Waals surface area contributed by atoms with Crippen molar-refractivity contribution in [3.8, 4) is 0 Å². The fraction of sp³-hybridized carbons (Fsp3) is 0.500. The molecule has 1 aromatic carbocycles. The Morgan fingerprint density at radius 3 is 2.80 bits per heavy atom. The van der Waals surface area contributed by atoms with Crippen molar-refractivity contribution in [2.24, 2.45) is 0 Å². The summed E-state index contributed by atoms with van der Waals surface area (Å²) >= 11 is 0. The maximum atomic E-state index is 12.2. The van der Waals surface area contributed by atoms with Gasteiger partial charge in [0, 0.05) is 11.7 Å². The van der Waals surface area contributed by atoms with Gasteiger partial charge in [0.2, 0.25) is 5.91 Å². The first-order valence-corrected chi connectivity index (χ1v) is 6.56. The van der Waals surface area contributed by atoms with Crippen LogP contribution in [0.1, 0.15) is 18.9 Å². The van der Waals surface area contributed by atoms with Crippen LogP contribution >= 0.6 is 0 Å². The van der Waals surface area contributed by atoms with Crippen molar-refractivity contribution in [1.82, 2.24) is 5.32 Å². The van der Waals surface area contributed by atoms with Crippen molar-refractivity contribution < 1.29 is 18.0 Å². The van der Waals surface area contributed by atoms with Crippen LogP contribution in [0.25, 0.3) is 0 Å². The lowest BCUT2D eigenvalue weighted by Crippen LogP contribution is -2.47. The first-order valence-electron chi connectivity index (χ1n) is 6.56. The third-order valence-electron chi connectivity index (χ3n) is 3.39. The Bertz CT molecular complexity index is 488. The van der Waals surface area contributed by atoms with E-state index in [2.05, 4.69) is 5.32 Å². The molecule has 0 saturated heterocycles.